The first-order valence-electron chi connectivity index (χ1n) is 9.27. The third-order valence-corrected chi connectivity index (χ3v) is 6.07. The molecule has 0 saturated heterocycles. The minimum atomic E-state index is 0.489. The number of methoxy groups -OCH3 is 1. The molecular formula is C20H24BrN5O2S. The van der Waals surface area contributed by atoms with E-state index in [1.165, 1.54) is 0 Å². The van der Waals surface area contributed by atoms with E-state index in [4.69, 9.17) is 9.47 Å². The van der Waals surface area contributed by atoms with Gasteiger partial charge in [-0.05, 0) is 41.1 Å². The van der Waals surface area contributed by atoms with Gasteiger partial charge in [0, 0.05) is 29.4 Å². The minimum absolute atomic E-state index is 0.489. The first-order valence-corrected chi connectivity index (χ1v) is 11.0. The summed E-state index contributed by atoms with van der Waals surface area (Å²) in [6.07, 6.45) is 0.999. The van der Waals surface area contributed by atoms with E-state index in [0.717, 1.165) is 51.0 Å². The Morgan fingerprint density at radius 2 is 2.00 bits per heavy atom. The van der Waals surface area contributed by atoms with Crippen LogP contribution < -0.4 is 14.8 Å². The van der Waals surface area contributed by atoms with Crippen molar-refractivity contribution in [2.75, 3.05) is 19.4 Å². The number of rotatable bonds is 11. The van der Waals surface area contributed by atoms with Crippen LogP contribution in [0.4, 0.5) is 0 Å². The number of hydrogen-bond donors (Lipinski definition) is 1. The Kier molecular flexibility index (Phi) is 8.33. The first kappa shape index (κ1) is 21.6. The number of nitrogens with zero attached hydrogens (tertiary/aromatic N) is 4. The van der Waals surface area contributed by atoms with E-state index in [0.29, 0.717) is 13.2 Å². The highest BCUT2D eigenvalue weighted by Gasteiger charge is 2.14. The van der Waals surface area contributed by atoms with Crippen LogP contribution in [-0.2, 0) is 20.2 Å². The van der Waals surface area contributed by atoms with E-state index in [2.05, 4.69) is 36.8 Å². The number of aromatic nitrogens is 4. The van der Waals surface area contributed by atoms with Crippen molar-refractivity contribution in [1.82, 2.24) is 25.5 Å². The Balaban J connectivity index is 1.55. The third kappa shape index (κ3) is 6.19. The van der Waals surface area contributed by atoms with Crippen LogP contribution in [0.3, 0.4) is 0 Å². The van der Waals surface area contributed by atoms with Gasteiger partial charge < -0.3 is 14.8 Å². The Hall–Kier alpha value is -2.10. The van der Waals surface area contributed by atoms with E-state index in [9.17, 15) is 0 Å². The van der Waals surface area contributed by atoms with Gasteiger partial charge in [-0.1, -0.05) is 58.0 Å². The molecule has 0 saturated carbocycles. The molecule has 0 aliphatic heterocycles. The van der Waals surface area contributed by atoms with E-state index in [1.807, 2.05) is 49.5 Å². The third-order valence-electron chi connectivity index (χ3n) is 4.23. The summed E-state index contributed by atoms with van der Waals surface area (Å²) in [4.78, 5) is 0. The van der Waals surface area contributed by atoms with Gasteiger partial charge in [0.15, 0.2) is 11.5 Å². The molecule has 0 aliphatic rings. The summed E-state index contributed by atoms with van der Waals surface area (Å²) in [6.45, 7) is 2.04. The predicted octanol–water partition coefficient (Wildman–Crippen LogP) is 3.83. The van der Waals surface area contributed by atoms with Crippen molar-refractivity contribution in [3.8, 4) is 11.5 Å². The van der Waals surface area contributed by atoms with E-state index < -0.39 is 0 Å². The number of hydrogen-bond acceptors (Lipinski definition) is 7. The fourth-order valence-corrected chi connectivity index (χ4v) is 3.95. The lowest BCUT2D eigenvalue weighted by Gasteiger charge is -2.17. The lowest BCUT2D eigenvalue weighted by molar-refractivity contribution is 0.280. The van der Waals surface area contributed by atoms with Crippen molar-refractivity contribution in [2.45, 2.75) is 24.7 Å². The lowest BCUT2D eigenvalue weighted by Crippen LogP contribution is -2.17. The van der Waals surface area contributed by atoms with E-state index in [-0.39, 0.29) is 0 Å². The molecule has 1 aromatic heterocycles. The highest BCUT2D eigenvalue weighted by Crippen LogP contribution is 2.36. The van der Waals surface area contributed by atoms with E-state index in [1.54, 1.807) is 23.6 Å². The van der Waals surface area contributed by atoms with Crippen molar-refractivity contribution in [2.24, 2.45) is 7.05 Å². The molecular weight excluding hydrogens is 454 g/mol. The molecule has 9 heteroatoms. The first-order chi connectivity index (χ1) is 14.2. The Bertz CT molecular complexity index is 907. The zero-order valence-corrected chi connectivity index (χ0v) is 18.9. The molecule has 0 fully saturated rings. The molecule has 0 amide bonds. The van der Waals surface area contributed by atoms with Crippen LogP contribution in [0, 0.1) is 0 Å². The smallest absolute Gasteiger partial charge is 0.209 e. The van der Waals surface area contributed by atoms with Gasteiger partial charge in [-0.3, -0.25) is 0 Å². The van der Waals surface area contributed by atoms with Crippen LogP contribution >= 0.6 is 27.7 Å². The second-order valence-corrected chi connectivity index (χ2v) is 8.21. The van der Waals surface area contributed by atoms with Crippen molar-refractivity contribution >= 4 is 27.7 Å². The molecule has 29 heavy (non-hydrogen) atoms. The number of tetrazole rings is 1. The van der Waals surface area contributed by atoms with Crippen molar-refractivity contribution < 1.29 is 9.47 Å². The molecule has 3 aromatic rings. The van der Waals surface area contributed by atoms with Gasteiger partial charge in [-0.15, -0.1) is 5.10 Å². The van der Waals surface area contributed by atoms with Gasteiger partial charge in [0.05, 0.1) is 7.11 Å². The average molecular weight is 478 g/mol. The molecule has 2 aromatic carbocycles. The van der Waals surface area contributed by atoms with Gasteiger partial charge in [-0.2, -0.15) is 0 Å². The van der Waals surface area contributed by atoms with E-state index >= 15 is 0 Å². The fourth-order valence-electron chi connectivity index (χ4n) is 2.71. The molecule has 0 unspecified atom stereocenters. The summed E-state index contributed by atoms with van der Waals surface area (Å²) < 4.78 is 14.3. The Morgan fingerprint density at radius 1 is 1.17 bits per heavy atom. The molecule has 0 aliphatic carbocycles. The van der Waals surface area contributed by atoms with Gasteiger partial charge in [0.25, 0.3) is 0 Å². The fraction of sp³-hybridized carbons (Fsp3) is 0.350. The summed E-state index contributed by atoms with van der Waals surface area (Å²) in [5, 5.41) is 15.8. The summed E-state index contributed by atoms with van der Waals surface area (Å²) in [6, 6.07) is 14.0. The highest BCUT2D eigenvalue weighted by atomic mass is 79.9. The summed E-state index contributed by atoms with van der Waals surface area (Å²) in [7, 11) is 3.51. The second-order valence-electron chi connectivity index (χ2n) is 6.30. The largest absolute Gasteiger partial charge is 0.493 e. The quantitative estimate of drug-likeness (QED) is 0.332. The molecule has 3 rings (SSSR count). The number of nitrogens with one attached hydrogen (secondary N) is 1. The number of thioether (sulfide) groups is 1. The molecule has 1 heterocycles. The Morgan fingerprint density at radius 3 is 2.72 bits per heavy atom. The van der Waals surface area contributed by atoms with Gasteiger partial charge in [0.2, 0.25) is 5.16 Å². The Labute approximate surface area is 183 Å². The van der Waals surface area contributed by atoms with Gasteiger partial charge in [-0.25, -0.2) is 4.68 Å². The molecule has 0 radical (unpaired) electrons. The zero-order chi connectivity index (χ0) is 20.5. The topological polar surface area (TPSA) is 74.1 Å². The maximum atomic E-state index is 6.14. The van der Waals surface area contributed by atoms with Crippen molar-refractivity contribution in [1.29, 1.82) is 0 Å². The van der Waals surface area contributed by atoms with Crippen LogP contribution in [0.15, 0.2) is 52.1 Å². The number of ether oxygens (including phenoxy) is 2. The second kappa shape index (κ2) is 11.2. The average Bonchev–Trinajstić information content (AvgIpc) is 3.15. The molecule has 7 nitrogen and oxygen atoms in total. The molecule has 154 valence electrons. The van der Waals surface area contributed by atoms with Crippen LogP contribution in [0.25, 0.3) is 0 Å². The molecule has 0 atom stereocenters. The number of aryl methyl sites for hydroxylation is 1. The van der Waals surface area contributed by atoms with Gasteiger partial charge >= 0.3 is 0 Å². The minimum Gasteiger partial charge on any atom is -0.493 e. The molecule has 0 bridgehead atoms. The van der Waals surface area contributed by atoms with Gasteiger partial charge in [0.1, 0.15) is 6.61 Å². The van der Waals surface area contributed by atoms with Crippen molar-refractivity contribution in [3.05, 3.63) is 58.1 Å². The summed E-state index contributed by atoms with van der Waals surface area (Å²) in [5.41, 5.74) is 2.16. The monoisotopic (exact) mass is 477 g/mol. The zero-order valence-electron chi connectivity index (χ0n) is 16.5. The number of halogens is 1. The summed E-state index contributed by atoms with van der Waals surface area (Å²) >= 11 is 5.30. The maximum absolute atomic E-state index is 6.14. The number of benzene rings is 2. The highest BCUT2D eigenvalue weighted by molar-refractivity contribution is 9.10. The maximum Gasteiger partial charge on any atom is 0.209 e. The molecule has 0 spiro atoms. The standard InChI is InChI=1S/C20H24BrN5O2S/c1-26-20(23-24-25-26)29-12-6-11-22-13-16-17(21)9-10-18(27-2)19(16)28-14-15-7-4-3-5-8-15/h3-5,7-10,22H,6,11-14H2,1-2H3. The lowest BCUT2D eigenvalue weighted by atomic mass is 10.1. The van der Waals surface area contributed by atoms with Crippen molar-refractivity contribution in [3.63, 3.8) is 0 Å². The SMILES string of the molecule is COc1ccc(Br)c(CNCCCSc2nnnn2C)c1OCc1ccccc1. The van der Waals surface area contributed by atoms with Crippen LogP contribution in [0.5, 0.6) is 11.5 Å². The van der Waals surface area contributed by atoms with Crippen LogP contribution in [0.2, 0.25) is 0 Å². The van der Waals surface area contributed by atoms with Crippen LogP contribution in [0.1, 0.15) is 17.5 Å². The normalized spacial score (nSPS) is 10.9. The summed E-state index contributed by atoms with van der Waals surface area (Å²) in [5.74, 6) is 2.43. The predicted molar refractivity (Wildman–Crippen MR) is 117 cm³/mol. The molecule has 1 N–H and O–H groups in total. The van der Waals surface area contributed by atoms with Crippen LogP contribution in [-0.4, -0.2) is 39.6 Å².